The van der Waals surface area contributed by atoms with E-state index in [1.807, 2.05) is 25.2 Å². The van der Waals surface area contributed by atoms with Gasteiger partial charge in [0.25, 0.3) is 0 Å². The predicted octanol–water partition coefficient (Wildman–Crippen LogP) is 3.40. The second-order valence-electron chi connectivity index (χ2n) is 5.52. The van der Waals surface area contributed by atoms with Gasteiger partial charge in [-0.15, -0.1) is 0 Å². The van der Waals surface area contributed by atoms with Gasteiger partial charge in [0.05, 0.1) is 23.4 Å². The van der Waals surface area contributed by atoms with E-state index in [4.69, 9.17) is 21.6 Å². The van der Waals surface area contributed by atoms with E-state index in [2.05, 4.69) is 16.4 Å². The summed E-state index contributed by atoms with van der Waals surface area (Å²) in [6.45, 7) is 0.616. The number of nitrogens with zero attached hydrogens (tertiary/aromatic N) is 2. The molecular formula is C17H16ClN3O. The molecular weight excluding hydrogens is 298 g/mol. The van der Waals surface area contributed by atoms with E-state index >= 15 is 0 Å². The van der Waals surface area contributed by atoms with Crippen LogP contribution >= 0.6 is 11.6 Å². The summed E-state index contributed by atoms with van der Waals surface area (Å²) in [7, 11) is 1.95. The van der Waals surface area contributed by atoms with Crippen LogP contribution in [-0.4, -0.2) is 24.2 Å². The molecule has 2 aromatic rings. The van der Waals surface area contributed by atoms with Crippen LogP contribution in [0.25, 0.3) is 11.1 Å². The van der Waals surface area contributed by atoms with E-state index in [9.17, 15) is 0 Å². The fourth-order valence-corrected chi connectivity index (χ4v) is 2.52. The van der Waals surface area contributed by atoms with E-state index in [1.54, 1.807) is 18.3 Å². The van der Waals surface area contributed by atoms with Crippen LogP contribution in [0.1, 0.15) is 18.4 Å². The molecule has 0 bridgehead atoms. The van der Waals surface area contributed by atoms with Crippen LogP contribution in [-0.2, 0) is 0 Å². The highest BCUT2D eigenvalue weighted by Gasteiger charge is 2.41. The smallest absolute Gasteiger partial charge is 0.138 e. The summed E-state index contributed by atoms with van der Waals surface area (Å²) in [5.74, 6) is 0.684. The fourth-order valence-electron chi connectivity index (χ4n) is 2.31. The van der Waals surface area contributed by atoms with Crippen LogP contribution in [0.2, 0.25) is 5.15 Å². The maximum absolute atomic E-state index is 9.01. The minimum absolute atomic E-state index is 0.112. The van der Waals surface area contributed by atoms with Gasteiger partial charge in [0.15, 0.2) is 0 Å². The van der Waals surface area contributed by atoms with Crippen molar-refractivity contribution in [2.75, 3.05) is 13.7 Å². The Morgan fingerprint density at radius 1 is 1.41 bits per heavy atom. The van der Waals surface area contributed by atoms with Crippen molar-refractivity contribution in [2.24, 2.45) is 0 Å². The first-order chi connectivity index (χ1) is 10.7. The molecule has 0 unspecified atom stereocenters. The van der Waals surface area contributed by atoms with Gasteiger partial charge in [-0.3, -0.25) is 0 Å². The summed E-state index contributed by atoms with van der Waals surface area (Å²) in [6, 6.07) is 11.3. The van der Waals surface area contributed by atoms with Crippen molar-refractivity contribution in [1.29, 1.82) is 5.26 Å². The molecule has 0 amide bonds. The molecule has 0 atom stereocenters. The SMILES string of the molecule is CNC1(COc2cnc(Cl)c(-c3cccc(C#N)c3)c2)CC1. The Hall–Kier alpha value is -2.09. The third-order valence-electron chi connectivity index (χ3n) is 4.02. The van der Waals surface area contributed by atoms with Crippen molar-refractivity contribution >= 4 is 11.6 Å². The molecule has 1 aliphatic carbocycles. The largest absolute Gasteiger partial charge is 0.490 e. The van der Waals surface area contributed by atoms with Crippen molar-refractivity contribution in [3.8, 4) is 22.9 Å². The molecule has 3 rings (SSSR count). The number of hydrogen-bond donors (Lipinski definition) is 1. The number of nitrogens with one attached hydrogen (secondary N) is 1. The lowest BCUT2D eigenvalue weighted by Crippen LogP contribution is -2.33. The second kappa shape index (κ2) is 5.96. The molecule has 1 aromatic heterocycles. The summed E-state index contributed by atoms with van der Waals surface area (Å²) >= 11 is 6.19. The zero-order chi connectivity index (χ0) is 15.6. The van der Waals surface area contributed by atoms with Gasteiger partial charge in [0.2, 0.25) is 0 Å². The Morgan fingerprint density at radius 2 is 2.23 bits per heavy atom. The summed E-state index contributed by atoms with van der Waals surface area (Å²) in [4.78, 5) is 4.19. The minimum Gasteiger partial charge on any atom is -0.490 e. The number of aromatic nitrogens is 1. The van der Waals surface area contributed by atoms with Crippen LogP contribution in [0.3, 0.4) is 0 Å². The zero-order valence-electron chi connectivity index (χ0n) is 12.3. The highest BCUT2D eigenvalue weighted by Crippen LogP contribution is 2.36. The number of ether oxygens (including phenoxy) is 1. The van der Waals surface area contributed by atoms with Crippen molar-refractivity contribution < 1.29 is 4.74 Å². The molecule has 0 saturated heterocycles. The average molecular weight is 314 g/mol. The molecule has 4 nitrogen and oxygen atoms in total. The number of nitriles is 1. The monoisotopic (exact) mass is 313 g/mol. The standard InChI is InChI=1S/C17H16ClN3O/c1-20-17(5-6-17)11-22-14-8-15(16(18)21-10-14)13-4-2-3-12(7-13)9-19/h2-4,7-8,10,20H,5-6,11H2,1H3. The molecule has 0 spiro atoms. The number of likely N-dealkylation sites (N-methyl/N-ethyl adjacent to an activating group) is 1. The first-order valence-electron chi connectivity index (χ1n) is 7.14. The Bertz CT molecular complexity index is 735. The highest BCUT2D eigenvalue weighted by molar-refractivity contribution is 6.32. The lowest BCUT2D eigenvalue weighted by Gasteiger charge is -2.15. The highest BCUT2D eigenvalue weighted by atomic mass is 35.5. The van der Waals surface area contributed by atoms with Gasteiger partial charge in [-0.1, -0.05) is 23.7 Å². The first kappa shape index (κ1) is 14.8. The molecule has 1 N–H and O–H groups in total. The molecule has 0 aliphatic heterocycles. The molecule has 1 fully saturated rings. The normalized spacial score (nSPS) is 15.1. The van der Waals surface area contributed by atoms with E-state index in [0.29, 0.717) is 23.1 Å². The van der Waals surface area contributed by atoms with Crippen LogP contribution in [0.5, 0.6) is 5.75 Å². The van der Waals surface area contributed by atoms with Gasteiger partial charge in [-0.05, 0) is 43.7 Å². The van der Waals surface area contributed by atoms with Gasteiger partial charge < -0.3 is 10.1 Å². The third kappa shape index (κ3) is 3.06. The van der Waals surface area contributed by atoms with Crippen LogP contribution in [0.4, 0.5) is 0 Å². The minimum atomic E-state index is 0.112. The van der Waals surface area contributed by atoms with Crippen molar-refractivity contribution in [3.63, 3.8) is 0 Å². The second-order valence-corrected chi connectivity index (χ2v) is 5.88. The average Bonchev–Trinajstić information content (AvgIpc) is 3.35. The van der Waals surface area contributed by atoms with Crippen LogP contribution in [0.15, 0.2) is 36.5 Å². The molecule has 22 heavy (non-hydrogen) atoms. The van der Waals surface area contributed by atoms with Gasteiger partial charge >= 0.3 is 0 Å². The van der Waals surface area contributed by atoms with Crippen molar-refractivity contribution in [3.05, 3.63) is 47.2 Å². The number of benzene rings is 1. The number of halogens is 1. The fraction of sp³-hybridized carbons (Fsp3) is 0.294. The number of rotatable bonds is 5. The Balaban J connectivity index is 1.85. The Morgan fingerprint density at radius 3 is 2.91 bits per heavy atom. The third-order valence-corrected chi connectivity index (χ3v) is 4.32. The van der Waals surface area contributed by atoms with E-state index in [0.717, 1.165) is 24.0 Å². The van der Waals surface area contributed by atoms with E-state index in [1.165, 1.54) is 0 Å². The van der Waals surface area contributed by atoms with Crippen LogP contribution in [0, 0.1) is 11.3 Å². The maximum atomic E-state index is 9.01. The number of pyridine rings is 1. The van der Waals surface area contributed by atoms with Gasteiger partial charge in [0.1, 0.15) is 17.5 Å². The maximum Gasteiger partial charge on any atom is 0.138 e. The zero-order valence-corrected chi connectivity index (χ0v) is 13.0. The molecule has 112 valence electrons. The Kier molecular flexibility index (Phi) is 4.02. The first-order valence-corrected chi connectivity index (χ1v) is 7.51. The predicted molar refractivity (Wildman–Crippen MR) is 85.9 cm³/mol. The lowest BCUT2D eigenvalue weighted by molar-refractivity contribution is 0.259. The summed E-state index contributed by atoms with van der Waals surface area (Å²) in [6.07, 6.45) is 3.88. The van der Waals surface area contributed by atoms with E-state index < -0.39 is 0 Å². The number of hydrogen-bond acceptors (Lipinski definition) is 4. The quantitative estimate of drug-likeness (QED) is 0.859. The lowest BCUT2D eigenvalue weighted by atomic mass is 10.1. The summed E-state index contributed by atoms with van der Waals surface area (Å²) in [5, 5.41) is 12.7. The topological polar surface area (TPSA) is 57.9 Å². The van der Waals surface area contributed by atoms with Crippen LogP contribution < -0.4 is 10.1 Å². The van der Waals surface area contributed by atoms with E-state index in [-0.39, 0.29) is 5.54 Å². The molecule has 1 heterocycles. The molecule has 0 radical (unpaired) electrons. The van der Waals surface area contributed by atoms with Gasteiger partial charge in [0, 0.05) is 5.56 Å². The van der Waals surface area contributed by atoms with Crippen molar-refractivity contribution in [1.82, 2.24) is 10.3 Å². The Labute approximate surface area is 134 Å². The molecule has 5 heteroatoms. The van der Waals surface area contributed by atoms with Crippen molar-refractivity contribution in [2.45, 2.75) is 18.4 Å². The molecule has 1 saturated carbocycles. The molecule has 1 aliphatic rings. The summed E-state index contributed by atoms with van der Waals surface area (Å²) < 4.78 is 5.85. The molecule has 1 aromatic carbocycles. The van der Waals surface area contributed by atoms with Gasteiger partial charge in [-0.2, -0.15) is 5.26 Å². The summed E-state index contributed by atoms with van der Waals surface area (Å²) in [5.41, 5.74) is 2.33. The van der Waals surface area contributed by atoms with Gasteiger partial charge in [-0.25, -0.2) is 4.98 Å².